The van der Waals surface area contributed by atoms with Crippen molar-refractivity contribution in [2.24, 2.45) is 10.1 Å². The van der Waals surface area contributed by atoms with Crippen LogP contribution >= 0.6 is 22.9 Å². The number of benzene rings is 2. The van der Waals surface area contributed by atoms with Crippen molar-refractivity contribution in [2.45, 2.75) is 6.92 Å². The zero-order chi connectivity index (χ0) is 22.9. The maximum Gasteiger partial charge on any atom is 0.282 e. The molecule has 0 spiro atoms. The molecule has 0 amide bonds. The number of fused-ring (bicyclic) bond motifs is 1. The SMILES string of the molecule is Cc1c(Cl)cccc1N=c1scc(-c2ccco2)n1N=Cc1cc2c(cc1[N+](=O)[O-])OCO2. The first-order valence-electron chi connectivity index (χ1n) is 9.68. The number of hydrogen-bond acceptors (Lipinski definition) is 8. The zero-order valence-electron chi connectivity index (χ0n) is 17.1. The minimum absolute atomic E-state index is 0.0109. The van der Waals surface area contributed by atoms with Crippen LogP contribution in [0.5, 0.6) is 11.5 Å². The van der Waals surface area contributed by atoms with Gasteiger partial charge in [-0.3, -0.25) is 10.1 Å². The molecular weight excluding hydrogens is 468 g/mol. The molecule has 0 saturated carbocycles. The van der Waals surface area contributed by atoms with E-state index in [2.05, 4.69) is 5.10 Å². The Morgan fingerprint density at radius 3 is 2.79 bits per heavy atom. The Morgan fingerprint density at radius 1 is 1.21 bits per heavy atom. The zero-order valence-corrected chi connectivity index (χ0v) is 18.7. The molecule has 2 aromatic carbocycles. The van der Waals surface area contributed by atoms with Gasteiger partial charge in [0.15, 0.2) is 17.3 Å². The van der Waals surface area contributed by atoms with Gasteiger partial charge in [-0.05, 0) is 42.8 Å². The van der Waals surface area contributed by atoms with E-state index in [0.29, 0.717) is 38.5 Å². The number of nitro benzene ring substituents is 1. The Bertz CT molecular complexity index is 1460. The molecule has 5 rings (SSSR count). The molecule has 0 atom stereocenters. The molecule has 11 heteroatoms. The lowest BCUT2D eigenvalue weighted by atomic mass is 10.1. The third-order valence-corrected chi connectivity index (χ3v) is 6.17. The van der Waals surface area contributed by atoms with Crippen molar-refractivity contribution < 1.29 is 18.8 Å². The van der Waals surface area contributed by atoms with Gasteiger partial charge in [0.25, 0.3) is 5.69 Å². The van der Waals surface area contributed by atoms with Crippen molar-refractivity contribution in [3.63, 3.8) is 0 Å². The molecule has 0 unspecified atom stereocenters. The van der Waals surface area contributed by atoms with Gasteiger partial charge < -0.3 is 13.9 Å². The lowest BCUT2D eigenvalue weighted by Gasteiger charge is -2.04. The molecule has 0 saturated heterocycles. The number of furan rings is 1. The summed E-state index contributed by atoms with van der Waals surface area (Å²) in [6.45, 7) is 1.89. The van der Waals surface area contributed by atoms with Crippen LogP contribution in [-0.2, 0) is 0 Å². The Kier molecular flexibility index (Phi) is 5.45. The molecule has 0 N–H and O–H groups in total. The van der Waals surface area contributed by atoms with Gasteiger partial charge in [0.1, 0.15) is 5.69 Å². The van der Waals surface area contributed by atoms with Gasteiger partial charge in [0, 0.05) is 10.4 Å². The van der Waals surface area contributed by atoms with E-state index >= 15 is 0 Å². The molecule has 9 nitrogen and oxygen atoms in total. The summed E-state index contributed by atoms with van der Waals surface area (Å²) in [5.74, 6) is 1.32. The van der Waals surface area contributed by atoms with E-state index in [1.807, 2.05) is 24.4 Å². The fourth-order valence-electron chi connectivity index (χ4n) is 3.23. The molecule has 166 valence electrons. The maximum absolute atomic E-state index is 11.6. The van der Waals surface area contributed by atoms with Gasteiger partial charge in [0.05, 0.1) is 34.7 Å². The summed E-state index contributed by atoms with van der Waals surface area (Å²) in [5, 5.41) is 18.6. The third kappa shape index (κ3) is 4.01. The van der Waals surface area contributed by atoms with Crippen LogP contribution in [0.1, 0.15) is 11.1 Å². The summed E-state index contributed by atoms with van der Waals surface area (Å²) < 4.78 is 17.7. The standard InChI is InChI=1S/C22H15ClN4O5S/c1-13-15(23)4-2-5-16(13)25-22-26(18(11-33-22)19-6-3-7-30-19)24-10-14-8-20-21(32-12-31-20)9-17(14)27(28)29/h2-11H,12H2,1H3. The largest absolute Gasteiger partial charge is 0.463 e. The lowest BCUT2D eigenvalue weighted by Crippen LogP contribution is -2.11. The van der Waals surface area contributed by atoms with Gasteiger partial charge in [-0.1, -0.05) is 17.7 Å². The summed E-state index contributed by atoms with van der Waals surface area (Å²) in [6.07, 6.45) is 2.95. The average molecular weight is 483 g/mol. The van der Waals surface area contributed by atoms with Crippen LogP contribution in [0.15, 0.2) is 68.6 Å². The average Bonchev–Trinajstić information content (AvgIpc) is 3.55. The monoisotopic (exact) mass is 482 g/mol. The second kappa shape index (κ2) is 8.57. The Labute approximate surface area is 196 Å². The second-order valence-corrected chi connectivity index (χ2v) is 8.20. The fourth-order valence-corrected chi connectivity index (χ4v) is 4.23. The smallest absolute Gasteiger partial charge is 0.282 e. The van der Waals surface area contributed by atoms with Crippen molar-refractivity contribution in [1.82, 2.24) is 4.68 Å². The van der Waals surface area contributed by atoms with Crippen LogP contribution in [0, 0.1) is 17.0 Å². The van der Waals surface area contributed by atoms with Crippen LogP contribution < -0.4 is 14.3 Å². The number of nitrogens with zero attached hydrogens (tertiary/aromatic N) is 4. The molecule has 1 aliphatic heterocycles. The molecule has 1 aliphatic rings. The predicted molar refractivity (Wildman–Crippen MR) is 124 cm³/mol. The van der Waals surface area contributed by atoms with Crippen molar-refractivity contribution in [1.29, 1.82) is 0 Å². The first kappa shape index (κ1) is 21.0. The normalized spacial score (nSPS) is 13.2. The lowest BCUT2D eigenvalue weighted by molar-refractivity contribution is -0.385. The number of nitro groups is 1. The van der Waals surface area contributed by atoms with Gasteiger partial charge in [-0.2, -0.15) is 5.10 Å². The van der Waals surface area contributed by atoms with E-state index in [1.54, 1.807) is 29.1 Å². The molecule has 33 heavy (non-hydrogen) atoms. The van der Waals surface area contributed by atoms with E-state index in [0.717, 1.165) is 5.56 Å². The summed E-state index contributed by atoms with van der Waals surface area (Å²) in [7, 11) is 0. The number of hydrogen-bond donors (Lipinski definition) is 0. The molecule has 0 radical (unpaired) electrons. The van der Waals surface area contributed by atoms with Crippen LogP contribution in [0.25, 0.3) is 11.5 Å². The van der Waals surface area contributed by atoms with Gasteiger partial charge in [-0.25, -0.2) is 9.67 Å². The van der Waals surface area contributed by atoms with Crippen molar-refractivity contribution in [2.75, 3.05) is 6.79 Å². The van der Waals surface area contributed by atoms with Crippen molar-refractivity contribution in [3.05, 3.63) is 85.2 Å². The summed E-state index contributed by atoms with van der Waals surface area (Å²) in [4.78, 5) is 16.4. The molecule has 2 aromatic heterocycles. The fraction of sp³-hybridized carbons (Fsp3) is 0.0909. The van der Waals surface area contributed by atoms with Crippen LogP contribution in [0.4, 0.5) is 11.4 Å². The van der Waals surface area contributed by atoms with Gasteiger partial charge >= 0.3 is 0 Å². The van der Waals surface area contributed by atoms with E-state index in [-0.39, 0.29) is 18.0 Å². The van der Waals surface area contributed by atoms with Crippen LogP contribution in [0.2, 0.25) is 5.02 Å². The number of aromatic nitrogens is 1. The van der Waals surface area contributed by atoms with Crippen molar-refractivity contribution in [3.8, 4) is 23.0 Å². The minimum Gasteiger partial charge on any atom is -0.463 e. The number of ether oxygens (including phenoxy) is 2. The highest BCUT2D eigenvalue weighted by atomic mass is 35.5. The molecule has 0 aliphatic carbocycles. The highest BCUT2D eigenvalue weighted by Crippen LogP contribution is 2.37. The van der Waals surface area contributed by atoms with E-state index in [4.69, 9.17) is 30.5 Å². The highest BCUT2D eigenvalue weighted by Gasteiger charge is 2.22. The Hall–Kier alpha value is -3.89. The Balaban J connectivity index is 1.66. The van der Waals surface area contributed by atoms with Gasteiger partial charge in [-0.15, -0.1) is 11.3 Å². The molecular formula is C22H15ClN4O5S. The summed E-state index contributed by atoms with van der Waals surface area (Å²) in [5.41, 5.74) is 2.27. The van der Waals surface area contributed by atoms with E-state index < -0.39 is 4.92 Å². The summed E-state index contributed by atoms with van der Waals surface area (Å²) >= 11 is 7.60. The predicted octanol–water partition coefficient (Wildman–Crippen LogP) is 5.52. The van der Waals surface area contributed by atoms with Gasteiger partial charge in [0.2, 0.25) is 11.6 Å². The van der Waals surface area contributed by atoms with Crippen LogP contribution in [-0.4, -0.2) is 22.6 Å². The molecule has 0 fully saturated rings. The molecule has 4 aromatic rings. The minimum atomic E-state index is -0.490. The first-order valence-corrected chi connectivity index (χ1v) is 10.9. The van der Waals surface area contributed by atoms with Crippen molar-refractivity contribution >= 4 is 40.5 Å². The number of rotatable bonds is 5. The molecule has 0 bridgehead atoms. The van der Waals surface area contributed by atoms with E-state index in [1.165, 1.54) is 29.7 Å². The first-order chi connectivity index (χ1) is 16.0. The maximum atomic E-state index is 11.6. The Morgan fingerprint density at radius 2 is 2.03 bits per heavy atom. The van der Waals surface area contributed by atoms with Crippen LogP contribution in [0.3, 0.4) is 0 Å². The second-order valence-electron chi connectivity index (χ2n) is 6.95. The van der Waals surface area contributed by atoms with E-state index in [9.17, 15) is 10.1 Å². The summed E-state index contributed by atoms with van der Waals surface area (Å²) in [6, 6.07) is 11.9. The quantitative estimate of drug-likeness (QED) is 0.211. The third-order valence-electron chi connectivity index (χ3n) is 4.95. The highest BCUT2D eigenvalue weighted by molar-refractivity contribution is 7.07. The topological polar surface area (TPSA) is 104 Å². The number of thiazole rings is 1. The number of halogens is 1. The molecule has 3 heterocycles.